The minimum atomic E-state index is -5.13. The molecule has 0 radical (unpaired) electrons. The highest BCUT2D eigenvalue weighted by Gasteiger charge is 2.39. The maximum absolute atomic E-state index is 12.0. The summed E-state index contributed by atoms with van der Waals surface area (Å²) in [5.74, 6) is -2.30. The Kier molecular flexibility index (Phi) is 3.56. The fraction of sp³-hybridized carbons (Fsp3) is 0.125. The first kappa shape index (κ1) is 13.2. The molecule has 1 aromatic rings. The van der Waals surface area contributed by atoms with Gasteiger partial charge >= 0.3 is 12.1 Å². The van der Waals surface area contributed by atoms with Crippen LogP contribution >= 0.6 is 11.6 Å². The number of nitrogens with zero attached hydrogens (tertiary/aromatic N) is 1. The maximum atomic E-state index is 12.0. The number of halogens is 4. The van der Waals surface area contributed by atoms with Crippen molar-refractivity contribution in [1.29, 1.82) is 0 Å². The maximum Gasteiger partial charge on any atom is 0.471 e. The van der Waals surface area contributed by atoms with Crippen LogP contribution in [0.2, 0.25) is 5.02 Å². The highest BCUT2D eigenvalue weighted by atomic mass is 35.5. The zero-order valence-corrected chi connectivity index (χ0v) is 8.67. The Labute approximate surface area is 97.3 Å². The molecule has 0 fully saturated rings. The average Bonchev–Trinajstić information content (AvgIpc) is 2.15. The molecule has 0 aromatic heterocycles. The Balaban J connectivity index is 3.09. The molecule has 0 bridgehead atoms. The summed E-state index contributed by atoms with van der Waals surface area (Å²) < 4.78 is 35.9. The number of carbonyl (C=O) groups is 1. The van der Waals surface area contributed by atoms with Crippen LogP contribution in [0.4, 0.5) is 24.5 Å². The number of rotatable bonds is 2. The first-order valence-corrected chi connectivity index (χ1v) is 4.41. The number of hydrogen-bond donors (Lipinski definition) is 1. The van der Waals surface area contributed by atoms with Crippen LogP contribution in [0.5, 0.6) is 0 Å². The normalized spacial score (nSPS) is 11.1. The molecule has 0 aliphatic rings. The Morgan fingerprint density at radius 2 is 2.00 bits per heavy atom. The zero-order valence-electron chi connectivity index (χ0n) is 7.92. The molecule has 5 nitrogen and oxygen atoms in total. The number of nitro groups is 1. The van der Waals surface area contributed by atoms with Crippen molar-refractivity contribution in [3.63, 3.8) is 0 Å². The minimum Gasteiger partial charge on any atom is -0.312 e. The molecule has 0 atom stereocenters. The first-order valence-electron chi connectivity index (χ1n) is 4.04. The van der Waals surface area contributed by atoms with E-state index >= 15 is 0 Å². The highest BCUT2D eigenvalue weighted by Crippen LogP contribution is 2.29. The summed E-state index contributed by atoms with van der Waals surface area (Å²) in [5.41, 5.74) is -1.28. The van der Waals surface area contributed by atoms with Crippen molar-refractivity contribution in [2.75, 3.05) is 5.32 Å². The zero-order chi connectivity index (χ0) is 13.2. The van der Waals surface area contributed by atoms with Crippen molar-refractivity contribution < 1.29 is 22.9 Å². The fourth-order valence-corrected chi connectivity index (χ4v) is 1.13. The molecule has 9 heteroatoms. The third-order valence-corrected chi connectivity index (χ3v) is 1.90. The molecule has 1 N–H and O–H groups in total. The Hall–Kier alpha value is -1.83. The second-order valence-electron chi connectivity index (χ2n) is 2.87. The number of carbonyl (C=O) groups excluding carboxylic acids is 1. The number of nitrogens with one attached hydrogen (secondary N) is 1. The van der Waals surface area contributed by atoms with E-state index in [1.807, 2.05) is 0 Å². The molecule has 0 aliphatic heterocycles. The van der Waals surface area contributed by atoms with E-state index in [-0.39, 0.29) is 5.02 Å². The number of nitro benzene ring substituents is 1. The molecule has 17 heavy (non-hydrogen) atoms. The Morgan fingerprint density at radius 3 is 2.47 bits per heavy atom. The van der Waals surface area contributed by atoms with E-state index < -0.39 is 28.4 Å². The summed E-state index contributed by atoms with van der Waals surface area (Å²) in [4.78, 5) is 20.2. The average molecular weight is 269 g/mol. The van der Waals surface area contributed by atoms with Crippen molar-refractivity contribution >= 4 is 28.9 Å². The molecule has 92 valence electrons. The summed E-state index contributed by atoms with van der Waals surface area (Å²) in [6.45, 7) is 0. The molecule has 0 aliphatic carbocycles. The second-order valence-corrected chi connectivity index (χ2v) is 3.31. The topological polar surface area (TPSA) is 72.2 Å². The van der Waals surface area contributed by atoms with Crippen LogP contribution in [-0.4, -0.2) is 17.0 Å². The van der Waals surface area contributed by atoms with E-state index in [0.717, 1.165) is 18.2 Å². The van der Waals surface area contributed by atoms with Gasteiger partial charge in [-0.15, -0.1) is 0 Å². The van der Waals surface area contributed by atoms with Crippen molar-refractivity contribution in [2.24, 2.45) is 0 Å². The van der Waals surface area contributed by atoms with E-state index in [1.54, 1.807) is 0 Å². The second kappa shape index (κ2) is 4.58. The first-order chi connectivity index (χ1) is 7.71. The SMILES string of the molecule is O=C(Nc1cc(Cl)ccc1[N+](=O)[O-])C(F)(F)F. The summed E-state index contributed by atoms with van der Waals surface area (Å²) in [5, 5.41) is 11.8. The van der Waals surface area contributed by atoms with Gasteiger partial charge in [0, 0.05) is 11.1 Å². The molecule has 1 amide bonds. The summed E-state index contributed by atoms with van der Waals surface area (Å²) in [6.07, 6.45) is -5.13. The lowest BCUT2D eigenvalue weighted by Crippen LogP contribution is -2.30. The molecule has 0 unspecified atom stereocenters. The summed E-state index contributed by atoms with van der Waals surface area (Å²) >= 11 is 5.46. The third kappa shape index (κ3) is 3.31. The lowest BCUT2D eigenvalue weighted by Gasteiger charge is -2.08. The van der Waals surface area contributed by atoms with Gasteiger partial charge in [-0.1, -0.05) is 11.6 Å². The van der Waals surface area contributed by atoms with Crippen LogP contribution in [0, 0.1) is 10.1 Å². The van der Waals surface area contributed by atoms with E-state index in [2.05, 4.69) is 0 Å². The lowest BCUT2D eigenvalue weighted by molar-refractivity contribution is -0.383. The standard InChI is InChI=1S/C8H4ClF3N2O3/c9-4-1-2-6(14(16)17)5(3-4)13-7(15)8(10,11)12/h1-3H,(H,13,15). The van der Waals surface area contributed by atoms with Gasteiger partial charge in [0.15, 0.2) is 0 Å². The number of amides is 1. The monoisotopic (exact) mass is 268 g/mol. The molecular weight excluding hydrogens is 265 g/mol. The van der Waals surface area contributed by atoms with Crippen LogP contribution in [-0.2, 0) is 4.79 Å². The molecule has 1 aromatic carbocycles. The van der Waals surface area contributed by atoms with Crippen LogP contribution in [0.25, 0.3) is 0 Å². The molecule has 0 heterocycles. The van der Waals surface area contributed by atoms with E-state index in [4.69, 9.17) is 11.6 Å². The largest absolute Gasteiger partial charge is 0.471 e. The summed E-state index contributed by atoms with van der Waals surface area (Å²) in [7, 11) is 0. The van der Waals surface area contributed by atoms with Gasteiger partial charge in [-0.2, -0.15) is 13.2 Å². The van der Waals surface area contributed by atoms with Crippen molar-refractivity contribution in [3.8, 4) is 0 Å². The van der Waals surface area contributed by atoms with Crippen LogP contribution in [0.3, 0.4) is 0 Å². The van der Waals surface area contributed by atoms with Gasteiger partial charge in [-0.3, -0.25) is 14.9 Å². The van der Waals surface area contributed by atoms with Gasteiger partial charge in [0.05, 0.1) is 4.92 Å². The Morgan fingerprint density at radius 1 is 1.41 bits per heavy atom. The van der Waals surface area contributed by atoms with Gasteiger partial charge in [-0.25, -0.2) is 0 Å². The van der Waals surface area contributed by atoms with Crippen molar-refractivity contribution in [1.82, 2.24) is 0 Å². The van der Waals surface area contributed by atoms with Crippen molar-refractivity contribution in [2.45, 2.75) is 6.18 Å². The van der Waals surface area contributed by atoms with Gasteiger partial charge in [-0.05, 0) is 12.1 Å². The molecule has 1 rings (SSSR count). The fourth-order valence-electron chi connectivity index (χ4n) is 0.961. The molecule has 0 saturated carbocycles. The van der Waals surface area contributed by atoms with Gasteiger partial charge in [0.2, 0.25) is 0 Å². The number of hydrogen-bond acceptors (Lipinski definition) is 3. The van der Waals surface area contributed by atoms with Crippen LogP contribution < -0.4 is 5.32 Å². The van der Waals surface area contributed by atoms with Gasteiger partial charge in [0.1, 0.15) is 5.69 Å². The number of benzene rings is 1. The highest BCUT2D eigenvalue weighted by molar-refractivity contribution is 6.31. The summed E-state index contributed by atoms with van der Waals surface area (Å²) in [6, 6.07) is 2.89. The molecule has 0 spiro atoms. The van der Waals surface area contributed by atoms with E-state index in [9.17, 15) is 28.1 Å². The van der Waals surface area contributed by atoms with Crippen molar-refractivity contribution in [3.05, 3.63) is 33.3 Å². The minimum absolute atomic E-state index is 0.0342. The van der Waals surface area contributed by atoms with Gasteiger partial charge < -0.3 is 5.32 Å². The molecular formula is C8H4ClF3N2O3. The van der Waals surface area contributed by atoms with E-state index in [1.165, 1.54) is 5.32 Å². The molecule has 0 saturated heterocycles. The van der Waals surface area contributed by atoms with Crippen LogP contribution in [0.1, 0.15) is 0 Å². The predicted molar refractivity (Wildman–Crippen MR) is 52.8 cm³/mol. The Bertz CT molecular complexity index is 476. The van der Waals surface area contributed by atoms with E-state index in [0.29, 0.717) is 0 Å². The third-order valence-electron chi connectivity index (χ3n) is 1.66. The lowest BCUT2D eigenvalue weighted by atomic mass is 10.2. The predicted octanol–water partition coefficient (Wildman–Crippen LogP) is 2.75. The number of alkyl halides is 3. The van der Waals surface area contributed by atoms with Gasteiger partial charge in [0.25, 0.3) is 5.69 Å². The quantitative estimate of drug-likeness (QED) is 0.662. The number of anilines is 1. The smallest absolute Gasteiger partial charge is 0.312 e. The van der Waals surface area contributed by atoms with Crippen LogP contribution in [0.15, 0.2) is 18.2 Å².